The van der Waals surface area contributed by atoms with Crippen LogP contribution in [0.2, 0.25) is 0 Å². The maximum absolute atomic E-state index is 13.1. The molecule has 158 valence electrons. The molecule has 2 heterocycles. The Morgan fingerprint density at radius 2 is 1.70 bits per heavy atom. The zero-order chi connectivity index (χ0) is 21.1. The van der Waals surface area contributed by atoms with E-state index in [-0.39, 0.29) is 5.91 Å². The smallest absolute Gasteiger partial charge is 0.272 e. The molecule has 2 aromatic carbocycles. The van der Waals surface area contributed by atoms with E-state index in [4.69, 9.17) is 14.2 Å². The number of aromatic amines is 1. The SMILES string of the molecule is COc1cc2[nH]c(C(=O)Nc3ccccc3N3CCCCC3)cc2c(OC)c1OC. The van der Waals surface area contributed by atoms with E-state index >= 15 is 0 Å². The van der Waals surface area contributed by atoms with Gasteiger partial charge in [0.15, 0.2) is 11.5 Å². The van der Waals surface area contributed by atoms with Crippen molar-refractivity contribution in [3.05, 3.63) is 42.1 Å². The number of nitrogens with zero attached hydrogens (tertiary/aromatic N) is 1. The summed E-state index contributed by atoms with van der Waals surface area (Å²) in [6, 6.07) is 11.5. The number of hydrogen-bond acceptors (Lipinski definition) is 5. The van der Waals surface area contributed by atoms with Crippen molar-refractivity contribution in [1.82, 2.24) is 4.98 Å². The van der Waals surface area contributed by atoms with Gasteiger partial charge in [0.1, 0.15) is 5.69 Å². The van der Waals surface area contributed by atoms with Crippen LogP contribution in [-0.4, -0.2) is 45.3 Å². The molecule has 7 nitrogen and oxygen atoms in total. The number of carbonyl (C=O) groups is 1. The Morgan fingerprint density at radius 1 is 0.967 bits per heavy atom. The standard InChI is InChI=1S/C23H27N3O4/c1-28-20-14-17-15(21(29-2)22(20)30-3)13-18(24-17)23(27)25-16-9-5-6-10-19(16)26-11-7-4-8-12-26/h5-6,9-10,13-14,24H,4,7-8,11-12H2,1-3H3,(H,25,27). The molecule has 0 atom stereocenters. The van der Waals surface area contributed by atoms with Crippen molar-refractivity contribution < 1.29 is 19.0 Å². The first-order valence-corrected chi connectivity index (χ1v) is 10.1. The third kappa shape index (κ3) is 3.63. The van der Waals surface area contributed by atoms with Crippen LogP contribution in [-0.2, 0) is 0 Å². The van der Waals surface area contributed by atoms with E-state index in [9.17, 15) is 4.79 Å². The molecule has 3 aromatic rings. The van der Waals surface area contributed by atoms with E-state index in [2.05, 4.69) is 21.3 Å². The molecular weight excluding hydrogens is 382 g/mol. The minimum atomic E-state index is -0.212. The number of anilines is 2. The maximum atomic E-state index is 13.1. The summed E-state index contributed by atoms with van der Waals surface area (Å²) in [6.45, 7) is 2.02. The Kier molecular flexibility index (Phi) is 5.70. The predicted molar refractivity (Wildman–Crippen MR) is 118 cm³/mol. The Labute approximate surface area is 175 Å². The first-order valence-electron chi connectivity index (χ1n) is 10.1. The van der Waals surface area contributed by atoms with Gasteiger partial charge < -0.3 is 29.4 Å². The lowest BCUT2D eigenvalue weighted by atomic mass is 10.1. The van der Waals surface area contributed by atoms with Crippen LogP contribution in [0.15, 0.2) is 36.4 Å². The summed E-state index contributed by atoms with van der Waals surface area (Å²) in [5.74, 6) is 1.34. The number of nitrogens with one attached hydrogen (secondary N) is 2. The van der Waals surface area contributed by atoms with Crippen LogP contribution < -0.4 is 24.4 Å². The molecule has 2 N–H and O–H groups in total. The molecule has 1 amide bonds. The first kappa shape index (κ1) is 19.9. The second-order valence-corrected chi connectivity index (χ2v) is 7.31. The number of fused-ring (bicyclic) bond motifs is 1. The number of amides is 1. The molecule has 1 saturated heterocycles. The third-order valence-electron chi connectivity index (χ3n) is 5.52. The number of methoxy groups -OCH3 is 3. The molecule has 0 bridgehead atoms. The van der Waals surface area contributed by atoms with Crippen molar-refractivity contribution in [2.45, 2.75) is 19.3 Å². The minimum Gasteiger partial charge on any atom is -0.493 e. The van der Waals surface area contributed by atoms with Crippen LogP contribution in [0.5, 0.6) is 17.2 Å². The molecule has 0 unspecified atom stereocenters. The normalized spacial score (nSPS) is 13.9. The average Bonchev–Trinajstić information content (AvgIpc) is 3.22. The van der Waals surface area contributed by atoms with E-state index in [1.807, 2.05) is 18.2 Å². The number of aromatic nitrogens is 1. The lowest BCUT2D eigenvalue weighted by Gasteiger charge is -2.30. The zero-order valence-electron chi connectivity index (χ0n) is 17.6. The lowest BCUT2D eigenvalue weighted by molar-refractivity contribution is 0.102. The number of carbonyl (C=O) groups excluding carboxylic acids is 1. The number of ether oxygens (including phenoxy) is 3. The average molecular weight is 409 g/mol. The number of benzene rings is 2. The van der Waals surface area contributed by atoms with Crippen LogP contribution in [0.1, 0.15) is 29.8 Å². The summed E-state index contributed by atoms with van der Waals surface area (Å²) in [5.41, 5.74) is 3.04. The van der Waals surface area contributed by atoms with Crippen molar-refractivity contribution in [2.75, 3.05) is 44.6 Å². The molecule has 4 rings (SSSR count). The van der Waals surface area contributed by atoms with Gasteiger partial charge in [-0.05, 0) is 37.5 Å². The highest BCUT2D eigenvalue weighted by Crippen LogP contribution is 2.43. The summed E-state index contributed by atoms with van der Waals surface area (Å²) in [4.78, 5) is 18.6. The number of H-pyrrole nitrogens is 1. The van der Waals surface area contributed by atoms with E-state index in [1.165, 1.54) is 19.3 Å². The third-order valence-corrected chi connectivity index (χ3v) is 5.52. The number of hydrogen-bond donors (Lipinski definition) is 2. The van der Waals surface area contributed by atoms with E-state index in [0.29, 0.717) is 22.9 Å². The van der Waals surface area contributed by atoms with Crippen LogP contribution >= 0.6 is 0 Å². The molecule has 1 aromatic heterocycles. The Morgan fingerprint density at radius 3 is 2.40 bits per heavy atom. The lowest BCUT2D eigenvalue weighted by Crippen LogP contribution is -2.30. The molecular formula is C23H27N3O4. The van der Waals surface area contributed by atoms with Gasteiger partial charge in [-0.1, -0.05) is 12.1 Å². The summed E-state index contributed by atoms with van der Waals surface area (Å²) in [7, 11) is 4.69. The van der Waals surface area contributed by atoms with Gasteiger partial charge in [0.25, 0.3) is 5.91 Å². The van der Waals surface area contributed by atoms with Crippen molar-refractivity contribution in [3.63, 3.8) is 0 Å². The van der Waals surface area contributed by atoms with Gasteiger partial charge in [-0.2, -0.15) is 0 Å². The molecule has 0 spiro atoms. The van der Waals surface area contributed by atoms with E-state index < -0.39 is 0 Å². The second-order valence-electron chi connectivity index (χ2n) is 7.31. The van der Waals surface area contributed by atoms with Gasteiger partial charge in [0, 0.05) is 24.5 Å². The van der Waals surface area contributed by atoms with Crippen LogP contribution in [0.25, 0.3) is 10.9 Å². The molecule has 30 heavy (non-hydrogen) atoms. The van der Waals surface area contributed by atoms with Gasteiger partial charge in [0.05, 0.1) is 38.2 Å². The van der Waals surface area contributed by atoms with Crippen LogP contribution in [0.4, 0.5) is 11.4 Å². The second kappa shape index (κ2) is 8.57. The van der Waals surface area contributed by atoms with Gasteiger partial charge in [-0.15, -0.1) is 0 Å². The monoisotopic (exact) mass is 409 g/mol. The van der Waals surface area contributed by atoms with Crippen LogP contribution in [0, 0.1) is 0 Å². The molecule has 7 heteroatoms. The highest BCUT2D eigenvalue weighted by atomic mass is 16.5. The van der Waals surface area contributed by atoms with Crippen LogP contribution in [0.3, 0.4) is 0 Å². The topological polar surface area (TPSA) is 75.8 Å². The Hall–Kier alpha value is -3.35. The molecule has 0 saturated carbocycles. The van der Waals surface area contributed by atoms with Gasteiger partial charge >= 0.3 is 0 Å². The fraction of sp³-hybridized carbons (Fsp3) is 0.348. The van der Waals surface area contributed by atoms with Gasteiger partial charge in [-0.3, -0.25) is 4.79 Å². The number of para-hydroxylation sites is 2. The fourth-order valence-electron chi connectivity index (χ4n) is 4.05. The number of rotatable bonds is 6. The summed E-state index contributed by atoms with van der Waals surface area (Å²) in [5, 5.41) is 3.82. The highest BCUT2D eigenvalue weighted by molar-refractivity contribution is 6.08. The van der Waals surface area contributed by atoms with Crippen molar-refractivity contribution >= 4 is 28.2 Å². The van der Waals surface area contributed by atoms with Crippen molar-refractivity contribution in [3.8, 4) is 17.2 Å². The summed E-state index contributed by atoms with van der Waals surface area (Å²) in [6.07, 6.45) is 3.61. The summed E-state index contributed by atoms with van der Waals surface area (Å²) >= 11 is 0. The summed E-state index contributed by atoms with van der Waals surface area (Å²) < 4.78 is 16.4. The van der Waals surface area contributed by atoms with E-state index in [1.54, 1.807) is 33.5 Å². The highest BCUT2D eigenvalue weighted by Gasteiger charge is 2.21. The predicted octanol–water partition coefficient (Wildman–Crippen LogP) is 4.44. The number of piperidine rings is 1. The molecule has 1 aliphatic heterocycles. The van der Waals surface area contributed by atoms with Gasteiger partial charge in [-0.25, -0.2) is 0 Å². The zero-order valence-corrected chi connectivity index (χ0v) is 17.6. The Balaban J connectivity index is 1.66. The molecule has 0 radical (unpaired) electrons. The van der Waals surface area contributed by atoms with Crippen molar-refractivity contribution in [1.29, 1.82) is 0 Å². The Bertz CT molecular complexity index is 1050. The largest absolute Gasteiger partial charge is 0.493 e. The maximum Gasteiger partial charge on any atom is 0.272 e. The van der Waals surface area contributed by atoms with Gasteiger partial charge in [0.2, 0.25) is 5.75 Å². The molecule has 1 aliphatic rings. The fourth-order valence-corrected chi connectivity index (χ4v) is 4.05. The first-order chi connectivity index (χ1) is 14.7. The molecule has 1 fully saturated rings. The minimum absolute atomic E-state index is 0.212. The van der Waals surface area contributed by atoms with E-state index in [0.717, 1.165) is 35.4 Å². The molecule has 0 aliphatic carbocycles. The van der Waals surface area contributed by atoms with Crippen molar-refractivity contribution in [2.24, 2.45) is 0 Å². The quantitative estimate of drug-likeness (QED) is 0.630.